The van der Waals surface area contributed by atoms with Gasteiger partial charge in [-0.2, -0.15) is 10.1 Å². The number of aromatic nitrogens is 3. The molecule has 0 radical (unpaired) electrons. The molecule has 2 heterocycles. The number of phenolic OH excluding ortho intramolecular Hbond substituents is 2. The number of nitrogens with zero attached hydrogens (tertiary/aromatic N) is 3. The lowest BCUT2D eigenvalue weighted by atomic mass is 9.85. The second-order valence-electron chi connectivity index (χ2n) is 5.47. The summed E-state index contributed by atoms with van der Waals surface area (Å²) in [6.07, 6.45) is 3.53. The highest BCUT2D eigenvalue weighted by atomic mass is 16.3. The van der Waals surface area contributed by atoms with E-state index in [9.17, 15) is 15.0 Å². The Morgan fingerprint density at radius 3 is 2.91 bits per heavy atom. The van der Waals surface area contributed by atoms with E-state index in [1.165, 1.54) is 18.5 Å². The van der Waals surface area contributed by atoms with Gasteiger partial charge in [-0.1, -0.05) is 6.07 Å². The summed E-state index contributed by atoms with van der Waals surface area (Å²) in [6, 6.07) is 4.12. The summed E-state index contributed by atoms with van der Waals surface area (Å²) in [5, 5.41) is 26.7. The zero-order chi connectivity index (χ0) is 15.3. The fourth-order valence-corrected chi connectivity index (χ4v) is 3.11. The van der Waals surface area contributed by atoms with E-state index in [0.717, 1.165) is 18.5 Å². The quantitative estimate of drug-likeness (QED) is 0.693. The summed E-state index contributed by atoms with van der Waals surface area (Å²) in [7, 11) is 0. The van der Waals surface area contributed by atoms with Crippen molar-refractivity contribution in [3.05, 3.63) is 41.4 Å². The summed E-state index contributed by atoms with van der Waals surface area (Å²) < 4.78 is 1.63. The van der Waals surface area contributed by atoms with Gasteiger partial charge in [0.05, 0.1) is 0 Å². The van der Waals surface area contributed by atoms with Crippen molar-refractivity contribution < 1.29 is 15.0 Å². The van der Waals surface area contributed by atoms with Crippen LogP contribution in [0.15, 0.2) is 35.8 Å². The van der Waals surface area contributed by atoms with E-state index in [2.05, 4.69) is 15.4 Å². The molecule has 1 atom stereocenters. The van der Waals surface area contributed by atoms with Crippen molar-refractivity contribution in [2.45, 2.75) is 25.3 Å². The Morgan fingerprint density at radius 2 is 2.09 bits per heavy atom. The lowest BCUT2D eigenvalue weighted by Crippen LogP contribution is -2.31. The van der Waals surface area contributed by atoms with Gasteiger partial charge < -0.3 is 15.5 Å². The first kappa shape index (κ1) is 12.9. The van der Waals surface area contributed by atoms with E-state index in [4.69, 9.17) is 0 Å². The minimum absolute atomic E-state index is 0.0764. The molecule has 1 aliphatic carbocycles. The van der Waals surface area contributed by atoms with Crippen LogP contribution in [0.3, 0.4) is 0 Å². The summed E-state index contributed by atoms with van der Waals surface area (Å²) >= 11 is 0. The molecular formula is C15H14N4O3. The molecular weight excluding hydrogens is 284 g/mol. The molecule has 0 spiro atoms. The number of benzene rings is 1. The Labute approximate surface area is 125 Å². The Balaban J connectivity index is 1.92. The molecule has 0 bridgehead atoms. The maximum Gasteiger partial charge on any atom is 0.226 e. The zero-order valence-corrected chi connectivity index (χ0v) is 11.7. The zero-order valence-electron chi connectivity index (χ0n) is 11.7. The largest absolute Gasteiger partial charge is 0.504 e. The highest BCUT2D eigenvalue weighted by molar-refractivity contribution is 5.99. The molecule has 112 valence electrons. The van der Waals surface area contributed by atoms with E-state index in [-0.39, 0.29) is 17.3 Å². The third-order valence-corrected chi connectivity index (χ3v) is 4.13. The first-order chi connectivity index (χ1) is 10.6. The van der Waals surface area contributed by atoms with Gasteiger partial charge in [-0.25, -0.2) is 4.68 Å². The van der Waals surface area contributed by atoms with Crippen LogP contribution in [0.25, 0.3) is 0 Å². The molecule has 4 rings (SSSR count). The molecule has 1 aromatic heterocycles. The molecule has 22 heavy (non-hydrogen) atoms. The maximum absolute atomic E-state index is 12.4. The molecule has 0 fully saturated rings. The number of ketones is 1. The van der Waals surface area contributed by atoms with Gasteiger partial charge in [-0.15, -0.1) is 0 Å². The Kier molecular flexibility index (Phi) is 2.69. The third kappa shape index (κ3) is 1.78. The topological polar surface area (TPSA) is 100 Å². The van der Waals surface area contributed by atoms with Crippen LogP contribution in [-0.4, -0.2) is 30.8 Å². The van der Waals surface area contributed by atoms with Crippen molar-refractivity contribution in [3.63, 3.8) is 0 Å². The van der Waals surface area contributed by atoms with Crippen molar-refractivity contribution >= 4 is 11.7 Å². The van der Waals surface area contributed by atoms with Crippen molar-refractivity contribution in [1.29, 1.82) is 0 Å². The number of fused-ring (bicyclic) bond motifs is 1. The minimum Gasteiger partial charge on any atom is -0.504 e. The van der Waals surface area contributed by atoms with Crippen LogP contribution in [0.4, 0.5) is 5.95 Å². The van der Waals surface area contributed by atoms with Gasteiger partial charge in [0.2, 0.25) is 5.95 Å². The summed E-state index contributed by atoms with van der Waals surface area (Å²) in [5.41, 5.74) is 2.22. The molecule has 0 saturated carbocycles. The van der Waals surface area contributed by atoms with E-state index in [1.54, 1.807) is 10.7 Å². The molecule has 2 aliphatic rings. The van der Waals surface area contributed by atoms with E-state index >= 15 is 0 Å². The minimum atomic E-state index is -0.437. The van der Waals surface area contributed by atoms with Crippen molar-refractivity contribution in [2.24, 2.45) is 0 Å². The number of carbonyl (C=O) groups is 1. The lowest BCUT2D eigenvalue weighted by Gasteiger charge is -2.32. The molecule has 1 aromatic carbocycles. The molecule has 3 N–H and O–H groups in total. The second-order valence-corrected chi connectivity index (χ2v) is 5.47. The van der Waals surface area contributed by atoms with E-state index < -0.39 is 6.04 Å². The van der Waals surface area contributed by atoms with Crippen LogP contribution in [0.1, 0.15) is 30.9 Å². The maximum atomic E-state index is 12.4. The van der Waals surface area contributed by atoms with Gasteiger partial charge in [-0.05, 0) is 30.5 Å². The fourth-order valence-electron chi connectivity index (χ4n) is 3.11. The number of anilines is 1. The first-order valence-corrected chi connectivity index (χ1v) is 7.10. The van der Waals surface area contributed by atoms with E-state index in [0.29, 0.717) is 23.5 Å². The molecule has 0 saturated heterocycles. The number of aromatic hydroxyl groups is 2. The van der Waals surface area contributed by atoms with Gasteiger partial charge in [0, 0.05) is 17.7 Å². The Hall–Kier alpha value is -2.83. The number of nitrogens with one attached hydrogen (secondary N) is 1. The van der Waals surface area contributed by atoms with Gasteiger partial charge in [0.1, 0.15) is 12.4 Å². The van der Waals surface area contributed by atoms with Crippen molar-refractivity contribution in [1.82, 2.24) is 14.8 Å². The lowest BCUT2D eigenvalue weighted by molar-refractivity contribution is -0.116. The van der Waals surface area contributed by atoms with Crippen molar-refractivity contribution in [3.8, 4) is 11.5 Å². The SMILES string of the molecule is O=C1CCCC2=C1C(c1ccc(O)c(O)c1)n1ncnc1N2. The van der Waals surface area contributed by atoms with Gasteiger partial charge in [0.15, 0.2) is 17.3 Å². The summed E-state index contributed by atoms with van der Waals surface area (Å²) in [5.74, 6) is 0.238. The Morgan fingerprint density at radius 1 is 1.23 bits per heavy atom. The van der Waals surface area contributed by atoms with Crippen LogP contribution in [0, 0.1) is 0 Å². The number of hydrogen-bond donors (Lipinski definition) is 3. The average Bonchev–Trinajstić information content (AvgIpc) is 2.96. The summed E-state index contributed by atoms with van der Waals surface area (Å²) in [6.45, 7) is 0. The predicted molar refractivity (Wildman–Crippen MR) is 77.4 cm³/mol. The number of allylic oxidation sites excluding steroid dienone is 2. The van der Waals surface area contributed by atoms with Crippen LogP contribution in [-0.2, 0) is 4.79 Å². The van der Waals surface area contributed by atoms with Gasteiger partial charge >= 0.3 is 0 Å². The summed E-state index contributed by atoms with van der Waals surface area (Å²) in [4.78, 5) is 16.6. The van der Waals surface area contributed by atoms with Crippen LogP contribution >= 0.6 is 0 Å². The second kappa shape index (κ2) is 4.59. The number of hydrogen-bond acceptors (Lipinski definition) is 6. The molecule has 0 amide bonds. The molecule has 1 aliphatic heterocycles. The van der Waals surface area contributed by atoms with Crippen molar-refractivity contribution in [2.75, 3.05) is 5.32 Å². The van der Waals surface area contributed by atoms with Gasteiger partial charge in [-0.3, -0.25) is 4.79 Å². The van der Waals surface area contributed by atoms with Crippen LogP contribution in [0.5, 0.6) is 11.5 Å². The van der Waals surface area contributed by atoms with Gasteiger partial charge in [0.25, 0.3) is 0 Å². The first-order valence-electron chi connectivity index (χ1n) is 7.10. The fraction of sp³-hybridized carbons (Fsp3) is 0.267. The molecule has 1 unspecified atom stereocenters. The van der Waals surface area contributed by atoms with E-state index in [1.807, 2.05) is 0 Å². The standard InChI is InChI=1S/C15H14N4O3/c20-10-5-4-8(6-12(10)22)14-13-9(2-1-3-11(13)21)18-15-16-7-17-19(14)15/h4-7,14,20,22H,1-3H2,(H,16,17,18). The highest BCUT2D eigenvalue weighted by Crippen LogP contribution is 2.41. The molecule has 2 aromatic rings. The highest BCUT2D eigenvalue weighted by Gasteiger charge is 2.36. The smallest absolute Gasteiger partial charge is 0.226 e. The average molecular weight is 298 g/mol. The van der Waals surface area contributed by atoms with Crippen LogP contribution < -0.4 is 5.32 Å². The number of rotatable bonds is 1. The predicted octanol–water partition coefficient (Wildman–Crippen LogP) is 1.71. The third-order valence-electron chi connectivity index (χ3n) is 4.13. The number of phenols is 2. The monoisotopic (exact) mass is 298 g/mol. The molecule has 7 heteroatoms. The number of Topliss-reactive ketones (excluding diaryl/α,β-unsaturated/α-hetero) is 1. The Bertz CT molecular complexity index is 809. The number of carbonyl (C=O) groups excluding carboxylic acids is 1. The molecule has 7 nitrogen and oxygen atoms in total. The normalized spacial score (nSPS) is 20.4. The van der Waals surface area contributed by atoms with Crippen LogP contribution in [0.2, 0.25) is 0 Å².